The van der Waals surface area contributed by atoms with Crippen LogP contribution in [-0.4, -0.2) is 48.8 Å². The predicted molar refractivity (Wildman–Crippen MR) is 54.8 cm³/mol. The molecule has 0 unspecified atom stereocenters. The monoisotopic (exact) mass is 186 g/mol. The number of likely N-dealkylation sites (tertiary alicyclic amines) is 1. The van der Waals surface area contributed by atoms with E-state index in [0.29, 0.717) is 6.04 Å². The van der Waals surface area contributed by atoms with Crippen LogP contribution in [0.2, 0.25) is 0 Å². The number of aliphatic hydroxyl groups is 1. The number of rotatable bonds is 5. The van der Waals surface area contributed by atoms with Gasteiger partial charge in [-0.25, -0.2) is 0 Å². The van der Waals surface area contributed by atoms with Crippen molar-refractivity contribution in [2.75, 3.05) is 32.8 Å². The number of nitrogens with one attached hydrogen (secondary N) is 1. The molecule has 1 saturated heterocycles. The summed E-state index contributed by atoms with van der Waals surface area (Å²) in [6.45, 7) is 8.93. The van der Waals surface area contributed by atoms with E-state index in [-0.39, 0.29) is 6.61 Å². The van der Waals surface area contributed by atoms with Crippen LogP contribution in [-0.2, 0) is 0 Å². The molecule has 0 aromatic heterocycles. The van der Waals surface area contributed by atoms with Gasteiger partial charge in [0.05, 0.1) is 6.61 Å². The van der Waals surface area contributed by atoms with Crippen LogP contribution in [0.4, 0.5) is 0 Å². The lowest BCUT2D eigenvalue weighted by atomic mass is 10.2. The molecule has 0 saturated carbocycles. The first-order valence-electron chi connectivity index (χ1n) is 5.29. The maximum Gasteiger partial charge on any atom is 0.0558 e. The summed E-state index contributed by atoms with van der Waals surface area (Å²) in [5.74, 6) is 0.729. The van der Waals surface area contributed by atoms with E-state index in [0.717, 1.165) is 32.1 Å². The normalized spacial score (nSPS) is 24.5. The van der Waals surface area contributed by atoms with Crippen LogP contribution in [0.15, 0.2) is 0 Å². The fraction of sp³-hybridized carbons (Fsp3) is 1.00. The molecule has 0 radical (unpaired) electrons. The maximum atomic E-state index is 8.77. The van der Waals surface area contributed by atoms with Crippen molar-refractivity contribution in [2.24, 2.45) is 5.92 Å². The van der Waals surface area contributed by atoms with Crippen molar-refractivity contribution in [1.29, 1.82) is 0 Å². The molecule has 1 aliphatic heterocycles. The van der Waals surface area contributed by atoms with Gasteiger partial charge in [0.1, 0.15) is 0 Å². The molecular weight excluding hydrogens is 164 g/mol. The van der Waals surface area contributed by atoms with Crippen molar-refractivity contribution in [3.8, 4) is 0 Å². The second kappa shape index (κ2) is 5.58. The molecule has 0 aromatic carbocycles. The van der Waals surface area contributed by atoms with Gasteiger partial charge in [-0.1, -0.05) is 13.8 Å². The molecule has 13 heavy (non-hydrogen) atoms. The average Bonchev–Trinajstić information content (AvgIpc) is 2.50. The summed E-state index contributed by atoms with van der Waals surface area (Å²) < 4.78 is 0. The summed E-state index contributed by atoms with van der Waals surface area (Å²) in [6.07, 6.45) is 1.23. The van der Waals surface area contributed by atoms with Gasteiger partial charge < -0.3 is 10.4 Å². The Labute approximate surface area is 81.1 Å². The minimum absolute atomic E-state index is 0.289. The number of hydrogen-bond donors (Lipinski definition) is 2. The summed E-state index contributed by atoms with van der Waals surface area (Å²) >= 11 is 0. The standard InChI is InChI=1S/C10H22N2O/c1-9(2)7-11-10-3-4-12(8-10)5-6-13/h9-11,13H,3-8H2,1-2H3/t10-/m1/s1. The first-order valence-corrected chi connectivity index (χ1v) is 5.29. The number of aliphatic hydroxyl groups excluding tert-OH is 1. The van der Waals surface area contributed by atoms with E-state index in [1.807, 2.05) is 0 Å². The third-order valence-electron chi connectivity index (χ3n) is 2.50. The molecule has 2 N–H and O–H groups in total. The molecule has 1 heterocycles. The van der Waals surface area contributed by atoms with Crippen molar-refractivity contribution in [3.05, 3.63) is 0 Å². The fourth-order valence-electron chi connectivity index (χ4n) is 1.75. The van der Waals surface area contributed by atoms with Crippen LogP contribution < -0.4 is 5.32 Å². The zero-order valence-corrected chi connectivity index (χ0v) is 8.79. The van der Waals surface area contributed by atoms with Gasteiger partial charge in [-0.05, 0) is 25.4 Å². The fourth-order valence-corrected chi connectivity index (χ4v) is 1.75. The molecule has 3 heteroatoms. The molecule has 0 amide bonds. The van der Waals surface area contributed by atoms with Crippen LogP contribution in [0.3, 0.4) is 0 Å². The van der Waals surface area contributed by atoms with Crippen molar-refractivity contribution >= 4 is 0 Å². The molecule has 1 rings (SSSR count). The van der Waals surface area contributed by atoms with Crippen molar-refractivity contribution in [2.45, 2.75) is 26.3 Å². The lowest BCUT2D eigenvalue weighted by Gasteiger charge is -2.16. The molecule has 3 nitrogen and oxygen atoms in total. The van der Waals surface area contributed by atoms with Gasteiger partial charge in [0.2, 0.25) is 0 Å². The van der Waals surface area contributed by atoms with E-state index in [1.165, 1.54) is 6.42 Å². The Kier molecular flexibility index (Phi) is 4.70. The second-order valence-corrected chi connectivity index (χ2v) is 4.31. The third-order valence-corrected chi connectivity index (χ3v) is 2.50. The van der Waals surface area contributed by atoms with Gasteiger partial charge in [0.15, 0.2) is 0 Å². The highest BCUT2D eigenvalue weighted by molar-refractivity contribution is 4.80. The van der Waals surface area contributed by atoms with Crippen LogP contribution in [0.5, 0.6) is 0 Å². The number of nitrogens with zero attached hydrogens (tertiary/aromatic N) is 1. The van der Waals surface area contributed by atoms with Gasteiger partial charge in [-0.2, -0.15) is 0 Å². The first-order chi connectivity index (χ1) is 6.22. The average molecular weight is 186 g/mol. The Balaban J connectivity index is 2.10. The summed E-state index contributed by atoms with van der Waals surface area (Å²) in [5, 5.41) is 12.3. The summed E-state index contributed by atoms with van der Waals surface area (Å²) in [4.78, 5) is 2.32. The Hall–Kier alpha value is -0.120. The van der Waals surface area contributed by atoms with E-state index in [9.17, 15) is 0 Å². The molecule has 0 spiro atoms. The van der Waals surface area contributed by atoms with E-state index in [4.69, 9.17) is 5.11 Å². The summed E-state index contributed by atoms with van der Waals surface area (Å²) in [5.41, 5.74) is 0. The van der Waals surface area contributed by atoms with E-state index >= 15 is 0 Å². The quantitative estimate of drug-likeness (QED) is 0.648. The van der Waals surface area contributed by atoms with Crippen molar-refractivity contribution in [3.63, 3.8) is 0 Å². The van der Waals surface area contributed by atoms with Gasteiger partial charge in [0.25, 0.3) is 0 Å². The van der Waals surface area contributed by atoms with Crippen molar-refractivity contribution < 1.29 is 5.11 Å². The topological polar surface area (TPSA) is 35.5 Å². The predicted octanol–water partition coefficient (Wildman–Crippen LogP) is 0.299. The second-order valence-electron chi connectivity index (χ2n) is 4.31. The van der Waals surface area contributed by atoms with E-state index in [2.05, 4.69) is 24.1 Å². The molecule has 0 aliphatic carbocycles. The molecule has 0 bridgehead atoms. The molecule has 1 atom stereocenters. The van der Waals surface area contributed by atoms with E-state index in [1.54, 1.807) is 0 Å². The first kappa shape index (κ1) is 11.0. The lowest BCUT2D eigenvalue weighted by Crippen LogP contribution is -2.35. The highest BCUT2D eigenvalue weighted by Crippen LogP contribution is 2.08. The molecule has 78 valence electrons. The van der Waals surface area contributed by atoms with Crippen molar-refractivity contribution in [1.82, 2.24) is 10.2 Å². The smallest absolute Gasteiger partial charge is 0.0558 e. The Bertz CT molecular complexity index is 139. The lowest BCUT2D eigenvalue weighted by molar-refractivity contribution is 0.218. The number of hydrogen-bond acceptors (Lipinski definition) is 3. The Morgan fingerprint density at radius 3 is 2.92 bits per heavy atom. The van der Waals surface area contributed by atoms with Gasteiger partial charge in [0, 0.05) is 19.1 Å². The zero-order valence-electron chi connectivity index (χ0n) is 8.79. The minimum atomic E-state index is 0.289. The van der Waals surface area contributed by atoms with E-state index < -0.39 is 0 Å². The van der Waals surface area contributed by atoms with Gasteiger partial charge >= 0.3 is 0 Å². The highest BCUT2D eigenvalue weighted by Gasteiger charge is 2.20. The third kappa shape index (κ3) is 4.07. The van der Waals surface area contributed by atoms with Crippen LogP contribution in [0, 0.1) is 5.92 Å². The molecule has 1 aliphatic rings. The maximum absolute atomic E-state index is 8.77. The SMILES string of the molecule is CC(C)CN[C@@H]1CCN(CCO)C1. The van der Waals surface area contributed by atoms with Crippen LogP contribution in [0.25, 0.3) is 0 Å². The molecule has 0 aromatic rings. The molecular formula is C10H22N2O. The number of β-amino-alcohol motifs (C(OH)–C–C–N with tert-alkyl or cyclic N) is 1. The Morgan fingerprint density at radius 1 is 1.54 bits per heavy atom. The largest absolute Gasteiger partial charge is 0.395 e. The highest BCUT2D eigenvalue weighted by atomic mass is 16.3. The van der Waals surface area contributed by atoms with Gasteiger partial charge in [-0.15, -0.1) is 0 Å². The minimum Gasteiger partial charge on any atom is -0.395 e. The van der Waals surface area contributed by atoms with Crippen LogP contribution in [0.1, 0.15) is 20.3 Å². The zero-order chi connectivity index (χ0) is 9.68. The Morgan fingerprint density at radius 2 is 2.31 bits per heavy atom. The van der Waals surface area contributed by atoms with Crippen LogP contribution >= 0.6 is 0 Å². The van der Waals surface area contributed by atoms with Gasteiger partial charge in [-0.3, -0.25) is 4.90 Å². The summed E-state index contributed by atoms with van der Waals surface area (Å²) in [7, 11) is 0. The summed E-state index contributed by atoms with van der Waals surface area (Å²) in [6, 6.07) is 0.647. The molecule has 1 fully saturated rings.